The smallest absolute Gasteiger partial charge is 0.229 e. The second-order valence-corrected chi connectivity index (χ2v) is 5.89. The van der Waals surface area contributed by atoms with E-state index in [1.54, 1.807) is 6.20 Å². The van der Waals surface area contributed by atoms with E-state index < -0.39 is 0 Å². The van der Waals surface area contributed by atoms with Gasteiger partial charge in [-0.2, -0.15) is 10.1 Å². The van der Waals surface area contributed by atoms with Crippen molar-refractivity contribution in [3.8, 4) is 0 Å². The van der Waals surface area contributed by atoms with E-state index in [-0.39, 0.29) is 6.61 Å². The van der Waals surface area contributed by atoms with Gasteiger partial charge in [-0.1, -0.05) is 18.2 Å². The number of nitrogens with one attached hydrogen (secondary N) is 2. The molecule has 0 amide bonds. The van der Waals surface area contributed by atoms with Crippen LogP contribution < -0.4 is 10.2 Å². The van der Waals surface area contributed by atoms with Gasteiger partial charge in [-0.3, -0.25) is 5.10 Å². The van der Waals surface area contributed by atoms with Gasteiger partial charge in [-0.25, -0.2) is 4.98 Å². The van der Waals surface area contributed by atoms with Crippen molar-refractivity contribution in [3.63, 3.8) is 0 Å². The molecule has 0 fully saturated rings. The van der Waals surface area contributed by atoms with Gasteiger partial charge in [0, 0.05) is 24.3 Å². The van der Waals surface area contributed by atoms with Crippen molar-refractivity contribution in [1.82, 2.24) is 20.2 Å². The Labute approximate surface area is 150 Å². The molecular weight excluding hydrogens is 328 g/mol. The van der Waals surface area contributed by atoms with E-state index in [2.05, 4.69) is 25.5 Å². The van der Waals surface area contributed by atoms with Crippen molar-refractivity contribution in [2.24, 2.45) is 0 Å². The summed E-state index contributed by atoms with van der Waals surface area (Å²) < 4.78 is 0. The van der Waals surface area contributed by atoms with Gasteiger partial charge in [-0.05, 0) is 35.9 Å². The third kappa shape index (κ3) is 3.07. The summed E-state index contributed by atoms with van der Waals surface area (Å²) in [5.74, 6) is 1.25. The van der Waals surface area contributed by atoms with Crippen molar-refractivity contribution in [3.05, 3.63) is 66.5 Å². The standard InChI is InChI=1S/C19H18N6O/c1-25(17-7-3-6-16-15(17)11-21-24-16)18-8-9-20-19(23-18)22-14-5-2-4-13(10-14)12-26/h2-11,26H,12H2,1H3,(H,21,24)(H,20,22,23). The predicted molar refractivity (Wildman–Crippen MR) is 102 cm³/mol. The van der Waals surface area contributed by atoms with Crippen LogP contribution in [0.3, 0.4) is 0 Å². The number of H-pyrrole nitrogens is 1. The van der Waals surface area contributed by atoms with Gasteiger partial charge in [0.15, 0.2) is 0 Å². The normalized spacial score (nSPS) is 10.8. The van der Waals surface area contributed by atoms with E-state index in [4.69, 9.17) is 0 Å². The van der Waals surface area contributed by atoms with Gasteiger partial charge >= 0.3 is 0 Å². The lowest BCUT2D eigenvalue weighted by molar-refractivity contribution is 0.282. The number of aromatic amines is 1. The molecule has 0 aliphatic rings. The maximum absolute atomic E-state index is 9.27. The Bertz CT molecular complexity index is 1040. The van der Waals surface area contributed by atoms with Crippen molar-refractivity contribution in [2.75, 3.05) is 17.3 Å². The van der Waals surface area contributed by atoms with Crippen molar-refractivity contribution in [1.29, 1.82) is 0 Å². The highest BCUT2D eigenvalue weighted by Gasteiger charge is 2.11. The van der Waals surface area contributed by atoms with E-state index in [1.807, 2.05) is 66.7 Å². The number of hydrogen-bond donors (Lipinski definition) is 3. The zero-order chi connectivity index (χ0) is 17.9. The largest absolute Gasteiger partial charge is 0.392 e. The first-order valence-corrected chi connectivity index (χ1v) is 8.20. The summed E-state index contributed by atoms with van der Waals surface area (Å²) >= 11 is 0. The topological polar surface area (TPSA) is 90.0 Å². The van der Waals surface area contributed by atoms with Crippen LogP contribution in [0.2, 0.25) is 0 Å². The molecule has 0 atom stereocenters. The Kier molecular flexibility index (Phi) is 4.20. The van der Waals surface area contributed by atoms with E-state index in [0.717, 1.165) is 33.7 Å². The van der Waals surface area contributed by atoms with Crippen LogP contribution in [0.5, 0.6) is 0 Å². The Balaban J connectivity index is 1.63. The molecule has 2 heterocycles. The Morgan fingerprint density at radius 3 is 2.92 bits per heavy atom. The molecule has 0 aliphatic heterocycles. The molecule has 0 saturated heterocycles. The van der Waals surface area contributed by atoms with Gasteiger partial charge < -0.3 is 15.3 Å². The maximum atomic E-state index is 9.27. The third-order valence-electron chi connectivity index (χ3n) is 4.17. The summed E-state index contributed by atoms with van der Waals surface area (Å²) in [6, 6.07) is 15.4. The first-order chi connectivity index (χ1) is 12.7. The van der Waals surface area contributed by atoms with Crippen LogP contribution in [0.25, 0.3) is 10.9 Å². The number of aliphatic hydroxyl groups is 1. The number of rotatable bonds is 5. The summed E-state index contributed by atoms with van der Waals surface area (Å²) in [6.45, 7) is -0.00609. The molecule has 7 nitrogen and oxygen atoms in total. The number of nitrogens with zero attached hydrogens (tertiary/aromatic N) is 4. The minimum absolute atomic E-state index is 0.00609. The zero-order valence-corrected chi connectivity index (χ0v) is 14.2. The van der Waals surface area contributed by atoms with Crippen molar-refractivity contribution >= 4 is 34.0 Å². The summed E-state index contributed by atoms with van der Waals surface area (Å²) in [5.41, 5.74) is 3.63. The first kappa shape index (κ1) is 16.0. The number of anilines is 4. The second-order valence-electron chi connectivity index (χ2n) is 5.89. The van der Waals surface area contributed by atoms with Gasteiger partial charge in [-0.15, -0.1) is 0 Å². The molecule has 0 saturated carbocycles. The van der Waals surface area contributed by atoms with Crippen LogP contribution in [0.4, 0.5) is 23.1 Å². The minimum Gasteiger partial charge on any atom is -0.392 e. The molecule has 0 spiro atoms. The number of aromatic nitrogens is 4. The van der Waals surface area contributed by atoms with E-state index in [1.165, 1.54) is 0 Å². The summed E-state index contributed by atoms with van der Waals surface area (Å²) in [7, 11) is 1.96. The lowest BCUT2D eigenvalue weighted by Gasteiger charge is -2.19. The van der Waals surface area contributed by atoms with Crippen LogP contribution >= 0.6 is 0 Å². The fourth-order valence-corrected chi connectivity index (χ4v) is 2.84. The highest BCUT2D eigenvalue weighted by Crippen LogP contribution is 2.29. The Morgan fingerprint density at radius 1 is 1.15 bits per heavy atom. The number of benzene rings is 2. The van der Waals surface area contributed by atoms with Crippen LogP contribution in [-0.2, 0) is 6.61 Å². The van der Waals surface area contributed by atoms with Crippen LogP contribution in [-0.4, -0.2) is 32.3 Å². The van der Waals surface area contributed by atoms with Gasteiger partial charge in [0.2, 0.25) is 5.95 Å². The summed E-state index contributed by atoms with van der Waals surface area (Å²) in [6.07, 6.45) is 3.52. The molecule has 0 aliphatic carbocycles. The summed E-state index contributed by atoms with van der Waals surface area (Å²) in [5, 5.41) is 20.6. The average molecular weight is 346 g/mol. The second kappa shape index (κ2) is 6.81. The fourth-order valence-electron chi connectivity index (χ4n) is 2.84. The van der Waals surface area contributed by atoms with E-state index in [0.29, 0.717) is 5.95 Å². The lowest BCUT2D eigenvalue weighted by Crippen LogP contribution is -2.12. The van der Waals surface area contributed by atoms with Crippen LogP contribution in [0.15, 0.2) is 60.9 Å². The highest BCUT2D eigenvalue weighted by molar-refractivity contribution is 5.93. The number of aliphatic hydroxyl groups excluding tert-OH is 1. The molecule has 2 aromatic carbocycles. The SMILES string of the molecule is CN(c1ccnc(Nc2cccc(CO)c2)n1)c1cccc2[nH]ncc12. The molecule has 0 bridgehead atoms. The first-order valence-electron chi connectivity index (χ1n) is 8.20. The molecule has 0 radical (unpaired) electrons. The van der Waals surface area contributed by atoms with Crippen molar-refractivity contribution < 1.29 is 5.11 Å². The number of fused-ring (bicyclic) bond motifs is 1. The molecule has 3 N–H and O–H groups in total. The van der Waals surface area contributed by atoms with Crippen LogP contribution in [0.1, 0.15) is 5.56 Å². The van der Waals surface area contributed by atoms with E-state index >= 15 is 0 Å². The molecule has 26 heavy (non-hydrogen) atoms. The Hall–Kier alpha value is -3.45. The highest BCUT2D eigenvalue weighted by atomic mass is 16.3. The lowest BCUT2D eigenvalue weighted by atomic mass is 10.2. The van der Waals surface area contributed by atoms with E-state index in [9.17, 15) is 5.11 Å². The third-order valence-corrected chi connectivity index (χ3v) is 4.17. The monoisotopic (exact) mass is 346 g/mol. The van der Waals surface area contributed by atoms with Gasteiger partial charge in [0.25, 0.3) is 0 Å². The van der Waals surface area contributed by atoms with Crippen molar-refractivity contribution in [2.45, 2.75) is 6.61 Å². The molecule has 130 valence electrons. The predicted octanol–water partition coefficient (Wildman–Crippen LogP) is 3.36. The average Bonchev–Trinajstić information content (AvgIpc) is 3.16. The molecule has 0 unspecified atom stereocenters. The van der Waals surface area contributed by atoms with Crippen LogP contribution in [0, 0.1) is 0 Å². The van der Waals surface area contributed by atoms with Gasteiger partial charge in [0.1, 0.15) is 5.82 Å². The number of hydrogen-bond acceptors (Lipinski definition) is 6. The quantitative estimate of drug-likeness (QED) is 0.513. The molecular formula is C19H18N6O. The summed E-state index contributed by atoms with van der Waals surface area (Å²) in [4.78, 5) is 10.9. The maximum Gasteiger partial charge on any atom is 0.229 e. The molecule has 7 heteroatoms. The zero-order valence-electron chi connectivity index (χ0n) is 14.2. The molecule has 2 aromatic heterocycles. The molecule has 4 aromatic rings. The molecule has 4 rings (SSSR count). The van der Waals surface area contributed by atoms with Gasteiger partial charge in [0.05, 0.1) is 24.0 Å². The minimum atomic E-state index is -0.00609. The fraction of sp³-hybridized carbons (Fsp3) is 0.105. The Morgan fingerprint density at radius 2 is 2.04 bits per heavy atom.